The van der Waals surface area contributed by atoms with E-state index >= 15 is 0 Å². The van der Waals surface area contributed by atoms with Crippen LogP contribution in [0.15, 0.2) is 35.0 Å². The molecule has 1 fully saturated rings. The fourth-order valence-electron chi connectivity index (χ4n) is 3.54. The Kier molecular flexibility index (Phi) is 5.50. The van der Waals surface area contributed by atoms with Crippen LogP contribution in [0.2, 0.25) is 0 Å². The SMILES string of the molecule is CCC1CCCCC1NC(Cc1cccs1)c1cccs1. The molecule has 0 spiro atoms. The molecular weight excluding hydrogens is 294 g/mol. The van der Waals surface area contributed by atoms with Crippen molar-refractivity contribution in [2.24, 2.45) is 5.92 Å². The second-order valence-electron chi connectivity index (χ2n) is 6.08. The zero-order chi connectivity index (χ0) is 14.5. The zero-order valence-corrected chi connectivity index (χ0v) is 14.4. The summed E-state index contributed by atoms with van der Waals surface area (Å²) >= 11 is 3.77. The Morgan fingerprint density at radius 2 is 1.95 bits per heavy atom. The third-order valence-electron chi connectivity index (χ3n) is 4.72. The first-order valence-corrected chi connectivity index (χ1v) is 9.94. The van der Waals surface area contributed by atoms with Crippen LogP contribution in [-0.4, -0.2) is 6.04 Å². The molecule has 0 amide bonds. The Hall–Kier alpha value is -0.640. The summed E-state index contributed by atoms with van der Waals surface area (Å²) in [4.78, 5) is 2.98. The molecule has 114 valence electrons. The van der Waals surface area contributed by atoms with Gasteiger partial charge in [0.25, 0.3) is 0 Å². The maximum absolute atomic E-state index is 4.01. The topological polar surface area (TPSA) is 12.0 Å². The summed E-state index contributed by atoms with van der Waals surface area (Å²) in [5.41, 5.74) is 0. The van der Waals surface area contributed by atoms with Gasteiger partial charge in [-0.05, 0) is 41.7 Å². The van der Waals surface area contributed by atoms with Crippen LogP contribution in [0, 0.1) is 5.92 Å². The van der Waals surface area contributed by atoms with Crippen molar-refractivity contribution in [1.82, 2.24) is 5.32 Å². The minimum absolute atomic E-state index is 0.487. The molecule has 2 aromatic heterocycles. The summed E-state index contributed by atoms with van der Waals surface area (Å²) in [6.07, 6.45) is 8.02. The van der Waals surface area contributed by atoms with Gasteiger partial charge in [0.1, 0.15) is 0 Å². The van der Waals surface area contributed by atoms with Crippen LogP contribution in [0.5, 0.6) is 0 Å². The highest BCUT2D eigenvalue weighted by molar-refractivity contribution is 7.10. The standard InChI is InChI=1S/C18H25NS2/c1-2-14-7-3-4-9-16(14)19-17(18-10-6-12-21-18)13-15-8-5-11-20-15/h5-6,8,10-12,14,16-17,19H,2-4,7,9,13H2,1H3. The third-order valence-corrected chi connectivity index (χ3v) is 6.61. The molecule has 2 aromatic rings. The largest absolute Gasteiger partial charge is 0.306 e. The fourth-order valence-corrected chi connectivity index (χ4v) is 5.07. The molecule has 0 aromatic carbocycles. The van der Waals surface area contributed by atoms with E-state index in [1.54, 1.807) is 0 Å². The molecule has 0 bridgehead atoms. The van der Waals surface area contributed by atoms with Crippen LogP contribution in [0.1, 0.15) is 54.8 Å². The van der Waals surface area contributed by atoms with E-state index in [4.69, 9.17) is 0 Å². The molecule has 0 saturated heterocycles. The maximum atomic E-state index is 4.01. The molecule has 0 radical (unpaired) electrons. The lowest BCUT2D eigenvalue weighted by Crippen LogP contribution is -2.40. The van der Waals surface area contributed by atoms with Crippen molar-refractivity contribution in [2.45, 2.75) is 57.5 Å². The van der Waals surface area contributed by atoms with Crippen LogP contribution in [0.4, 0.5) is 0 Å². The Morgan fingerprint density at radius 1 is 1.14 bits per heavy atom. The zero-order valence-electron chi connectivity index (χ0n) is 12.8. The molecule has 3 unspecified atom stereocenters. The first-order chi connectivity index (χ1) is 10.4. The average molecular weight is 320 g/mol. The van der Waals surface area contributed by atoms with Crippen molar-refractivity contribution in [3.8, 4) is 0 Å². The maximum Gasteiger partial charge on any atom is 0.0465 e. The number of hydrogen-bond acceptors (Lipinski definition) is 3. The van der Waals surface area contributed by atoms with Gasteiger partial charge in [-0.3, -0.25) is 0 Å². The average Bonchev–Trinajstić information content (AvgIpc) is 3.20. The predicted molar refractivity (Wildman–Crippen MR) is 94.3 cm³/mol. The van der Waals surface area contributed by atoms with Gasteiger partial charge in [-0.25, -0.2) is 0 Å². The predicted octanol–water partition coefficient (Wildman–Crippen LogP) is 5.65. The number of thiophene rings is 2. The smallest absolute Gasteiger partial charge is 0.0465 e. The lowest BCUT2D eigenvalue weighted by molar-refractivity contribution is 0.237. The van der Waals surface area contributed by atoms with Crippen LogP contribution in [0.3, 0.4) is 0 Å². The van der Waals surface area contributed by atoms with E-state index in [0.717, 1.165) is 12.3 Å². The number of hydrogen-bond donors (Lipinski definition) is 1. The molecule has 1 saturated carbocycles. The highest BCUT2D eigenvalue weighted by atomic mass is 32.1. The van der Waals surface area contributed by atoms with E-state index in [-0.39, 0.29) is 0 Å². The molecule has 21 heavy (non-hydrogen) atoms. The molecule has 3 rings (SSSR count). The van der Waals surface area contributed by atoms with Crippen LogP contribution >= 0.6 is 22.7 Å². The van der Waals surface area contributed by atoms with Gasteiger partial charge in [-0.2, -0.15) is 0 Å². The molecule has 1 aliphatic rings. The fraction of sp³-hybridized carbons (Fsp3) is 0.556. The van der Waals surface area contributed by atoms with E-state index in [0.29, 0.717) is 12.1 Å². The quantitative estimate of drug-likeness (QED) is 0.725. The van der Waals surface area contributed by atoms with E-state index < -0.39 is 0 Å². The second kappa shape index (κ2) is 7.57. The molecule has 0 aliphatic heterocycles. The normalized spacial score (nSPS) is 24.0. The van der Waals surface area contributed by atoms with E-state index in [1.165, 1.54) is 41.9 Å². The van der Waals surface area contributed by atoms with Crippen molar-refractivity contribution in [1.29, 1.82) is 0 Å². The van der Waals surface area contributed by atoms with Crippen molar-refractivity contribution in [2.75, 3.05) is 0 Å². The molecule has 1 aliphatic carbocycles. The van der Waals surface area contributed by atoms with Crippen molar-refractivity contribution >= 4 is 22.7 Å². The van der Waals surface area contributed by atoms with Crippen molar-refractivity contribution in [3.63, 3.8) is 0 Å². The lowest BCUT2D eigenvalue weighted by atomic mass is 9.82. The van der Waals surface area contributed by atoms with Crippen molar-refractivity contribution < 1.29 is 0 Å². The van der Waals surface area contributed by atoms with Gasteiger partial charge in [-0.15, -0.1) is 22.7 Å². The van der Waals surface area contributed by atoms with Gasteiger partial charge >= 0.3 is 0 Å². The molecule has 3 atom stereocenters. The summed E-state index contributed by atoms with van der Waals surface area (Å²) in [6, 6.07) is 10.1. The monoisotopic (exact) mass is 319 g/mol. The summed E-state index contributed by atoms with van der Waals surface area (Å²) in [5, 5.41) is 8.41. The molecule has 1 nitrogen and oxygen atoms in total. The molecule has 1 N–H and O–H groups in total. The summed E-state index contributed by atoms with van der Waals surface area (Å²) < 4.78 is 0. The number of nitrogens with one attached hydrogen (secondary N) is 1. The van der Waals surface area contributed by atoms with Gasteiger partial charge in [-0.1, -0.05) is 38.3 Å². The van der Waals surface area contributed by atoms with Gasteiger partial charge in [0.05, 0.1) is 0 Å². The van der Waals surface area contributed by atoms with Gasteiger partial charge in [0.15, 0.2) is 0 Å². The Morgan fingerprint density at radius 3 is 2.67 bits per heavy atom. The first-order valence-electron chi connectivity index (χ1n) is 8.18. The summed E-state index contributed by atoms with van der Waals surface area (Å²) in [7, 11) is 0. The summed E-state index contributed by atoms with van der Waals surface area (Å²) in [5.74, 6) is 0.865. The Balaban J connectivity index is 1.72. The van der Waals surface area contributed by atoms with Gasteiger partial charge in [0, 0.05) is 28.3 Å². The highest BCUT2D eigenvalue weighted by Crippen LogP contribution is 2.31. The Labute approximate surface area is 136 Å². The van der Waals surface area contributed by atoms with E-state index in [2.05, 4.69) is 47.3 Å². The van der Waals surface area contributed by atoms with Gasteiger partial charge in [0.2, 0.25) is 0 Å². The number of rotatable bonds is 6. The third kappa shape index (κ3) is 3.97. The van der Waals surface area contributed by atoms with E-state index in [1.807, 2.05) is 22.7 Å². The van der Waals surface area contributed by atoms with Crippen LogP contribution in [0.25, 0.3) is 0 Å². The Bertz CT molecular complexity index is 503. The molecule has 3 heteroatoms. The van der Waals surface area contributed by atoms with Gasteiger partial charge < -0.3 is 5.32 Å². The second-order valence-corrected chi connectivity index (χ2v) is 8.09. The lowest BCUT2D eigenvalue weighted by Gasteiger charge is -2.34. The van der Waals surface area contributed by atoms with Crippen LogP contribution in [-0.2, 0) is 6.42 Å². The molecule has 2 heterocycles. The highest BCUT2D eigenvalue weighted by Gasteiger charge is 2.26. The summed E-state index contributed by atoms with van der Waals surface area (Å²) in [6.45, 7) is 2.35. The van der Waals surface area contributed by atoms with Crippen LogP contribution < -0.4 is 5.32 Å². The molecular formula is C18H25NS2. The van der Waals surface area contributed by atoms with Crippen molar-refractivity contribution in [3.05, 3.63) is 44.8 Å². The first kappa shape index (κ1) is 15.3. The minimum Gasteiger partial charge on any atom is -0.306 e. The minimum atomic E-state index is 0.487. The van der Waals surface area contributed by atoms with E-state index in [9.17, 15) is 0 Å².